The van der Waals surface area contributed by atoms with Gasteiger partial charge in [-0.3, -0.25) is 0 Å². The molecule has 2 aliphatic rings. The van der Waals surface area contributed by atoms with Crippen LogP contribution < -0.4 is 5.73 Å². The summed E-state index contributed by atoms with van der Waals surface area (Å²) in [5.74, 6) is 2.78. The van der Waals surface area contributed by atoms with E-state index in [1.54, 1.807) is 0 Å². The fourth-order valence-electron chi connectivity index (χ4n) is 4.56. The average Bonchev–Trinajstić information content (AvgIpc) is 2.49. The van der Waals surface area contributed by atoms with Gasteiger partial charge in [0.05, 0.1) is 0 Å². The third kappa shape index (κ3) is 3.09. The van der Waals surface area contributed by atoms with Gasteiger partial charge in [-0.25, -0.2) is 0 Å². The maximum Gasteiger partial charge on any atom is 0.0108 e. The van der Waals surface area contributed by atoms with Crippen molar-refractivity contribution in [2.75, 3.05) is 0 Å². The molecule has 0 heterocycles. The standard InChI is InChI=1S/C19H29N/c1-14-6-2-3-8-16(14)13-19(20)18-11-10-15-7-4-5-9-17(15)12-18/h2-3,6,8,15,17-19H,4-5,7,9-13,20H2,1H3. The molecule has 2 N–H and O–H groups in total. The number of fused-ring (bicyclic) bond motifs is 1. The van der Waals surface area contributed by atoms with E-state index >= 15 is 0 Å². The number of hydrogen-bond donors (Lipinski definition) is 1. The molecule has 0 aliphatic heterocycles. The highest BCUT2D eigenvalue weighted by Crippen LogP contribution is 2.43. The van der Waals surface area contributed by atoms with Crippen molar-refractivity contribution in [3.05, 3.63) is 35.4 Å². The third-order valence-electron chi connectivity index (χ3n) is 5.90. The van der Waals surface area contributed by atoms with Crippen molar-refractivity contribution in [3.63, 3.8) is 0 Å². The van der Waals surface area contributed by atoms with Crippen LogP contribution in [0.5, 0.6) is 0 Å². The van der Waals surface area contributed by atoms with Gasteiger partial charge in [0.1, 0.15) is 0 Å². The fraction of sp³-hybridized carbons (Fsp3) is 0.684. The van der Waals surface area contributed by atoms with E-state index in [0.717, 1.165) is 24.2 Å². The average molecular weight is 271 g/mol. The molecule has 2 saturated carbocycles. The molecule has 1 aromatic carbocycles. The smallest absolute Gasteiger partial charge is 0.0108 e. The molecule has 3 rings (SSSR count). The Morgan fingerprint density at radius 2 is 1.80 bits per heavy atom. The highest BCUT2D eigenvalue weighted by molar-refractivity contribution is 5.26. The molecular formula is C19H29N. The van der Waals surface area contributed by atoms with E-state index in [9.17, 15) is 0 Å². The second-order valence-electron chi connectivity index (χ2n) is 7.17. The number of hydrogen-bond acceptors (Lipinski definition) is 1. The SMILES string of the molecule is Cc1ccccc1CC(N)C1CCC2CCCCC2C1. The maximum absolute atomic E-state index is 6.57. The van der Waals surface area contributed by atoms with Gasteiger partial charge in [-0.1, -0.05) is 49.9 Å². The normalized spacial score (nSPS) is 31.6. The summed E-state index contributed by atoms with van der Waals surface area (Å²) in [7, 11) is 0. The van der Waals surface area contributed by atoms with E-state index in [4.69, 9.17) is 5.73 Å². The Morgan fingerprint density at radius 3 is 2.60 bits per heavy atom. The van der Waals surface area contributed by atoms with Gasteiger partial charge in [0.25, 0.3) is 0 Å². The van der Waals surface area contributed by atoms with Crippen molar-refractivity contribution in [2.45, 2.75) is 64.3 Å². The van der Waals surface area contributed by atoms with Crippen LogP contribution in [0.1, 0.15) is 56.1 Å². The van der Waals surface area contributed by atoms with E-state index in [1.807, 2.05) is 0 Å². The van der Waals surface area contributed by atoms with Gasteiger partial charge in [0.15, 0.2) is 0 Å². The summed E-state index contributed by atoms with van der Waals surface area (Å²) in [6.45, 7) is 2.21. The second kappa shape index (κ2) is 6.30. The summed E-state index contributed by atoms with van der Waals surface area (Å²) in [4.78, 5) is 0. The van der Waals surface area contributed by atoms with Gasteiger partial charge in [0.2, 0.25) is 0 Å². The van der Waals surface area contributed by atoms with E-state index in [2.05, 4.69) is 31.2 Å². The predicted octanol–water partition coefficient (Wildman–Crippen LogP) is 4.47. The van der Waals surface area contributed by atoms with Crippen LogP contribution in [0.15, 0.2) is 24.3 Å². The molecule has 1 heteroatoms. The van der Waals surface area contributed by atoms with E-state index in [1.165, 1.54) is 56.1 Å². The van der Waals surface area contributed by atoms with Crippen molar-refractivity contribution < 1.29 is 0 Å². The van der Waals surface area contributed by atoms with E-state index in [0.29, 0.717) is 6.04 Å². The molecule has 2 aliphatic carbocycles. The van der Waals surface area contributed by atoms with Crippen LogP contribution in [0.4, 0.5) is 0 Å². The molecule has 0 radical (unpaired) electrons. The summed E-state index contributed by atoms with van der Waals surface area (Å²) >= 11 is 0. The van der Waals surface area contributed by atoms with Crippen LogP contribution in [0.3, 0.4) is 0 Å². The number of aryl methyl sites for hydroxylation is 1. The molecule has 110 valence electrons. The first-order valence-electron chi connectivity index (χ1n) is 8.54. The minimum Gasteiger partial charge on any atom is -0.327 e. The molecule has 0 aromatic heterocycles. The van der Waals surface area contributed by atoms with Crippen LogP contribution in [0, 0.1) is 24.7 Å². The lowest BCUT2D eigenvalue weighted by molar-refractivity contribution is 0.117. The predicted molar refractivity (Wildman–Crippen MR) is 85.6 cm³/mol. The Labute approximate surface area is 124 Å². The highest BCUT2D eigenvalue weighted by atomic mass is 14.7. The first kappa shape index (κ1) is 14.1. The minimum absolute atomic E-state index is 0.360. The highest BCUT2D eigenvalue weighted by Gasteiger charge is 2.34. The molecule has 0 bridgehead atoms. The summed E-state index contributed by atoms with van der Waals surface area (Å²) < 4.78 is 0. The molecule has 20 heavy (non-hydrogen) atoms. The van der Waals surface area contributed by atoms with Crippen molar-refractivity contribution in [1.82, 2.24) is 0 Å². The topological polar surface area (TPSA) is 26.0 Å². The molecule has 0 spiro atoms. The number of rotatable bonds is 3. The zero-order valence-corrected chi connectivity index (χ0v) is 12.9. The van der Waals surface area contributed by atoms with Gasteiger partial charge in [-0.2, -0.15) is 0 Å². The van der Waals surface area contributed by atoms with Gasteiger partial charge >= 0.3 is 0 Å². The first-order chi connectivity index (χ1) is 9.74. The monoisotopic (exact) mass is 271 g/mol. The zero-order chi connectivity index (χ0) is 13.9. The van der Waals surface area contributed by atoms with Crippen LogP contribution >= 0.6 is 0 Å². The Bertz CT molecular complexity index is 439. The largest absolute Gasteiger partial charge is 0.327 e. The lowest BCUT2D eigenvalue weighted by Crippen LogP contribution is -2.39. The molecule has 2 fully saturated rings. The fourth-order valence-corrected chi connectivity index (χ4v) is 4.56. The summed E-state index contributed by atoms with van der Waals surface area (Å²) in [5.41, 5.74) is 9.42. The summed E-state index contributed by atoms with van der Waals surface area (Å²) in [6, 6.07) is 9.09. The van der Waals surface area contributed by atoms with Crippen LogP contribution in [-0.4, -0.2) is 6.04 Å². The molecule has 4 unspecified atom stereocenters. The summed E-state index contributed by atoms with van der Waals surface area (Å²) in [5, 5.41) is 0. The molecule has 0 amide bonds. The van der Waals surface area contributed by atoms with Crippen molar-refractivity contribution in [1.29, 1.82) is 0 Å². The van der Waals surface area contributed by atoms with Gasteiger partial charge in [-0.05, 0) is 61.5 Å². The Morgan fingerprint density at radius 1 is 1.05 bits per heavy atom. The molecule has 0 saturated heterocycles. The number of nitrogens with two attached hydrogens (primary N) is 1. The summed E-state index contributed by atoms with van der Waals surface area (Å²) in [6.07, 6.45) is 11.2. The Balaban J connectivity index is 1.60. The lowest BCUT2D eigenvalue weighted by atomic mass is 9.66. The second-order valence-corrected chi connectivity index (χ2v) is 7.17. The molecule has 1 nitrogen and oxygen atoms in total. The van der Waals surface area contributed by atoms with Crippen LogP contribution in [0.2, 0.25) is 0 Å². The quantitative estimate of drug-likeness (QED) is 0.862. The third-order valence-corrected chi connectivity index (χ3v) is 5.90. The van der Waals surface area contributed by atoms with Crippen molar-refractivity contribution >= 4 is 0 Å². The molecule has 4 atom stereocenters. The zero-order valence-electron chi connectivity index (χ0n) is 12.9. The Kier molecular flexibility index (Phi) is 4.45. The molecule has 1 aromatic rings. The van der Waals surface area contributed by atoms with Gasteiger partial charge in [-0.15, -0.1) is 0 Å². The van der Waals surface area contributed by atoms with Gasteiger partial charge < -0.3 is 5.73 Å². The van der Waals surface area contributed by atoms with E-state index < -0.39 is 0 Å². The number of benzene rings is 1. The van der Waals surface area contributed by atoms with Crippen molar-refractivity contribution in [3.8, 4) is 0 Å². The Hall–Kier alpha value is -0.820. The lowest BCUT2D eigenvalue weighted by Gasteiger charge is -2.41. The van der Waals surface area contributed by atoms with E-state index in [-0.39, 0.29) is 0 Å². The minimum atomic E-state index is 0.360. The molecular weight excluding hydrogens is 242 g/mol. The maximum atomic E-state index is 6.57. The van der Waals surface area contributed by atoms with Crippen LogP contribution in [-0.2, 0) is 6.42 Å². The van der Waals surface area contributed by atoms with Crippen LogP contribution in [0.25, 0.3) is 0 Å². The van der Waals surface area contributed by atoms with Crippen molar-refractivity contribution in [2.24, 2.45) is 23.5 Å². The first-order valence-corrected chi connectivity index (χ1v) is 8.54. The van der Waals surface area contributed by atoms with Gasteiger partial charge in [0, 0.05) is 6.04 Å².